The second-order valence-corrected chi connectivity index (χ2v) is 9.30. The maximum Gasteiger partial charge on any atom is 0.251 e. The average Bonchev–Trinajstić information content (AvgIpc) is 3.32. The van der Waals surface area contributed by atoms with E-state index < -0.39 is 11.6 Å². The van der Waals surface area contributed by atoms with Gasteiger partial charge in [-0.2, -0.15) is 4.39 Å². The summed E-state index contributed by atoms with van der Waals surface area (Å²) in [7, 11) is 1.28. The smallest absolute Gasteiger partial charge is 0.251 e. The number of aryl methyl sites for hydroxylation is 1. The standard InChI is InChI=1S/C27H28F2N6O2/c1-15-13-18(7-8-19(15)27(36)34-17-5-3-16(30)4-6-17)33-25-26-32-14-21(35(26)12-11-31-25)20-9-10-22(37-2)24(29)23(20)28/h7-14,16-17H,3-6,30H2,1-2H3,(H,31,33)(H,34,36). The Morgan fingerprint density at radius 1 is 1.11 bits per heavy atom. The average molecular weight is 507 g/mol. The first-order chi connectivity index (χ1) is 17.9. The lowest BCUT2D eigenvalue weighted by Crippen LogP contribution is -2.40. The van der Waals surface area contributed by atoms with E-state index in [1.807, 2.05) is 13.0 Å². The van der Waals surface area contributed by atoms with Crippen LogP contribution in [0.15, 0.2) is 48.9 Å². The Balaban J connectivity index is 1.37. The molecule has 0 unspecified atom stereocenters. The van der Waals surface area contributed by atoms with E-state index in [4.69, 9.17) is 10.5 Å². The van der Waals surface area contributed by atoms with Crippen molar-refractivity contribution in [2.75, 3.05) is 12.4 Å². The number of nitrogens with one attached hydrogen (secondary N) is 2. The fourth-order valence-corrected chi connectivity index (χ4v) is 4.75. The molecule has 1 saturated carbocycles. The SMILES string of the molecule is COc1ccc(-c2cnc3c(Nc4ccc(C(=O)NC5CCC(N)CC5)c(C)c4)nccn23)c(F)c1F. The molecule has 2 aromatic carbocycles. The number of nitrogens with zero attached hydrogens (tertiary/aromatic N) is 3. The molecule has 2 heterocycles. The van der Waals surface area contributed by atoms with Crippen molar-refractivity contribution in [3.05, 3.63) is 71.7 Å². The summed E-state index contributed by atoms with van der Waals surface area (Å²) in [5.41, 5.74) is 8.94. The van der Waals surface area contributed by atoms with E-state index in [0.29, 0.717) is 28.4 Å². The predicted octanol–water partition coefficient (Wildman–Crippen LogP) is 4.73. The highest BCUT2D eigenvalue weighted by molar-refractivity contribution is 5.96. The van der Waals surface area contributed by atoms with E-state index in [2.05, 4.69) is 20.6 Å². The number of ether oxygens (including phenoxy) is 1. The van der Waals surface area contributed by atoms with E-state index >= 15 is 0 Å². The molecule has 4 aromatic rings. The zero-order chi connectivity index (χ0) is 26.1. The summed E-state index contributed by atoms with van der Waals surface area (Å²) in [5.74, 6) is -1.92. The number of amides is 1. The summed E-state index contributed by atoms with van der Waals surface area (Å²) < 4.78 is 35.5. The highest BCUT2D eigenvalue weighted by atomic mass is 19.2. The largest absolute Gasteiger partial charge is 0.494 e. The Labute approximate surface area is 212 Å². The first kappa shape index (κ1) is 24.6. The third-order valence-electron chi connectivity index (χ3n) is 6.81. The van der Waals surface area contributed by atoms with Crippen LogP contribution in [0.25, 0.3) is 16.9 Å². The molecule has 4 N–H and O–H groups in total. The lowest BCUT2D eigenvalue weighted by atomic mass is 9.91. The van der Waals surface area contributed by atoms with E-state index in [1.165, 1.54) is 25.4 Å². The van der Waals surface area contributed by atoms with Crippen molar-refractivity contribution < 1.29 is 18.3 Å². The van der Waals surface area contributed by atoms with Gasteiger partial charge in [0.2, 0.25) is 5.82 Å². The van der Waals surface area contributed by atoms with Gasteiger partial charge in [-0.15, -0.1) is 0 Å². The number of fused-ring (bicyclic) bond motifs is 1. The van der Waals surface area contributed by atoms with Crippen LogP contribution in [0.5, 0.6) is 5.75 Å². The summed E-state index contributed by atoms with van der Waals surface area (Å²) in [6, 6.07) is 8.62. The Hall–Kier alpha value is -4.05. The van der Waals surface area contributed by atoms with Crippen molar-refractivity contribution in [3.63, 3.8) is 0 Å². The number of aromatic nitrogens is 3. The third-order valence-corrected chi connectivity index (χ3v) is 6.81. The number of benzene rings is 2. The fraction of sp³-hybridized carbons (Fsp3) is 0.296. The molecule has 8 nitrogen and oxygen atoms in total. The molecule has 0 aliphatic heterocycles. The van der Waals surface area contributed by atoms with Gasteiger partial charge >= 0.3 is 0 Å². The van der Waals surface area contributed by atoms with Gasteiger partial charge in [-0.25, -0.2) is 14.4 Å². The Kier molecular flexibility index (Phi) is 6.75. The zero-order valence-corrected chi connectivity index (χ0v) is 20.6. The van der Waals surface area contributed by atoms with Gasteiger partial charge in [-0.1, -0.05) is 0 Å². The quantitative estimate of drug-likeness (QED) is 0.349. The van der Waals surface area contributed by atoms with Crippen LogP contribution in [0.2, 0.25) is 0 Å². The fourth-order valence-electron chi connectivity index (χ4n) is 4.75. The molecule has 5 rings (SSSR count). The minimum atomic E-state index is -1.06. The lowest BCUT2D eigenvalue weighted by molar-refractivity contribution is 0.0925. The highest BCUT2D eigenvalue weighted by Gasteiger charge is 2.22. The summed E-state index contributed by atoms with van der Waals surface area (Å²) in [6.45, 7) is 1.87. The molecule has 1 amide bonds. The van der Waals surface area contributed by atoms with Crippen LogP contribution in [-0.2, 0) is 0 Å². The maximum atomic E-state index is 14.7. The monoisotopic (exact) mass is 506 g/mol. The molecule has 0 radical (unpaired) electrons. The summed E-state index contributed by atoms with van der Waals surface area (Å²) in [4.78, 5) is 21.6. The number of anilines is 2. The van der Waals surface area contributed by atoms with Crippen molar-refractivity contribution >= 4 is 23.1 Å². The van der Waals surface area contributed by atoms with Crippen LogP contribution >= 0.6 is 0 Å². The first-order valence-electron chi connectivity index (χ1n) is 12.1. The van der Waals surface area contributed by atoms with Crippen LogP contribution in [0.3, 0.4) is 0 Å². The third kappa shape index (κ3) is 4.84. The summed E-state index contributed by atoms with van der Waals surface area (Å²) in [5, 5.41) is 6.34. The Morgan fingerprint density at radius 3 is 2.62 bits per heavy atom. The van der Waals surface area contributed by atoms with Gasteiger partial charge < -0.3 is 21.1 Å². The lowest BCUT2D eigenvalue weighted by Gasteiger charge is -2.27. The topological polar surface area (TPSA) is 107 Å². The van der Waals surface area contributed by atoms with Crippen LogP contribution in [0, 0.1) is 18.6 Å². The normalized spacial score (nSPS) is 17.5. The Bertz CT molecular complexity index is 1460. The van der Waals surface area contributed by atoms with Gasteiger partial charge in [-0.05, 0) is 68.5 Å². The highest BCUT2D eigenvalue weighted by Crippen LogP contribution is 2.31. The summed E-state index contributed by atoms with van der Waals surface area (Å²) >= 11 is 0. The van der Waals surface area contributed by atoms with E-state index in [-0.39, 0.29) is 29.3 Å². The summed E-state index contributed by atoms with van der Waals surface area (Å²) in [6.07, 6.45) is 8.25. The molecule has 0 bridgehead atoms. The number of imidazole rings is 1. The molecule has 0 saturated heterocycles. The van der Waals surface area contributed by atoms with Crippen molar-refractivity contribution in [3.8, 4) is 17.0 Å². The molecule has 1 fully saturated rings. The number of carbonyl (C=O) groups excluding carboxylic acids is 1. The molecular formula is C27H28F2N6O2. The van der Waals surface area contributed by atoms with Crippen LogP contribution < -0.4 is 21.1 Å². The molecule has 0 atom stereocenters. The minimum Gasteiger partial charge on any atom is -0.494 e. The van der Waals surface area contributed by atoms with Gasteiger partial charge in [0, 0.05) is 41.3 Å². The molecule has 1 aliphatic carbocycles. The number of rotatable bonds is 6. The van der Waals surface area contributed by atoms with Crippen molar-refractivity contribution in [1.82, 2.24) is 19.7 Å². The van der Waals surface area contributed by atoms with Crippen molar-refractivity contribution in [2.24, 2.45) is 5.73 Å². The van der Waals surface area contributed by atoms with Gasteiger partial charge in [0.05, 0.1) is 19.0 Å². The number of methoxy groups -OCH3 is 1. The second kappa shape index (κ2) is 10.1. The second-order valence-electron chi connectivity index (χ2n) is 9.30. The van der Waals surface area contributed by atoms with Gasteiger partial charge in [0.1, 0.15) is 0 Å². The number of hydrogen-bond acceptors (Lipinski definition) is 6. The molecule has 1 aliphatic rings. The predicted molar refractivity (Wildman–Crippen MR) is 137 cm³/mol. The molecule has 37 heavy (non-hydrogen) atoms. The first-order valence-corrected chi connectivity index (χ1v) is 12.1. The van der Waals surface area contributed by atoms with E-state index in [9.17, 15) is 13.6 Å². The molecule has 10 heteroatoms. The molecule has 0 spiro atoms. The number of hydrogen-bond donors (Lipinski definition) is 3. The number of carbonyl (C=O) groups is 1. The van der Waals surface area contributed by atoms with E-state index in [1.54, 1.807) is 28.9 Å². The zero-order valence-electron chi connectivity index (χ0n) is 20.6. The Morgan fingerprint density at radius 2 is 1.89 bits per heavy atom. The molecular weight excluding hydrogens is 478 g/mol. The van der Waals surface area contributed by atoms with Crippen molar-refractivity contribution in [1.29, 1.82) is 0 Å². The van der Waals surface area contributed by atoms with Crippen molar-refractivity contribution in [2.45, 2.75) is 44.7 Å². The number of nitrogens with two attached hydrogens (primary N) is 1. The van der Waals surface area contributed by atoms with Gasteiger partial charge in [0.25, 0.3) is 5.91 Å². The van der Waals surface area contributed by atoms with Crippen LogP contribution in [0.1, 0.15) is 41.6 Å². The number of halogens is 2. The van der Waals surface area contributed by atoms with Crippen LogP contribution in [0.4, 0.5) is 20.3 Å². The minimum absolute atomic E-state index is 0.0501. The van der Waals surface area contributed by atoms with E-state index in [0.717, 1.165) is 31.2 Å². The van der Waals surface area contributed by atoms with Gasteiger partial charge in [0.15, 0.2) is 23.0 Å². The van der Waals surface area contributed by atoms with Gasteiger partial charge in [-0.3, -0.25) is 9.20 Å². The molecule has 192 valence electrons. The maximum absolute atomic E-state index is 14.7. The van der Waals surface area contributed by atoms with Crippen LogP contribution in [-0.4, -0.2) is 39.5 Å². The molecule has 2 aromatic heterocycles.